The van der Waals surface area contributed by atoms with E-state index in [1.807, 2.05) is 12.3 Å². The molecule has 1 aromatic heterocycles. The van der Waals surface area contributed by atoms with E-state index in [1.54, 1.807) is 13.8 Å². The summed E-state index contributed by atoms with van der Waals surface area (Å²) in [4.78, 5) is 16.7. The third-order valence-corrected chi connectivity index (χ3v) is 7.17. The van der Waals surface area contributed by atoms with Gasteiger partial charge in [-0.1, -0.05) is 32.4 Å². The van der Waals surface area contributed by atoms with Crippen LogP contribution in [0.3, 0.4) is 0 Å². The molecule has 0 atom stereocenters. The van der Waals surface area contributed by atoms with Gasteiger partial charge in [0.15, 0.2) is 0 Å². The molecule has 2 rings (SSSR count). The van der Waals surface area contributed by atoms with Gasteiger partial charge in [0.25, 0.3) is 0 Å². The number of thiazole rings is 1. The lowest BCUT2D eigenvalue weighted by atomic mass is 10.2. The van der Waals surface area contributed by atoms with Crippen LogP contribution in [-0.4, -0.2) is 36.8 Å². The Morgan fingerprint density at radius 2 is 1.96 bits per heavy atom. The molecule has 0 fully saturated rings. The summed E-state index contributed by atoms with van der Waals surface area (Å²) in [7, 11) is -3.68. The minimum atomic E-state index is -3.68. The first-order valence-electron chi connectivity index (χ1n) is 8.23. The zero-order valence-corrected chi connectivity index (χ0v) is 17.2. The number of sulfonamides is 1. The maximum Gasteiger partial charge on any atom is 0.340 e. The number of carbonyl (C=O) groups excluding carboxylic acids is 1. The van der Waals surface area contributed by atoms with Gasteiger partial charge in [0, 0.05) is 18.5 Å². The number of aromatic nitrogens is 1. The van der Waals surface area contributed by atoms with Crippen molar-refractivity contribution in [2.75, 3.05) is 13.1 Å². The molecule has 0 aliphatic carbocycles. The van der Waals surface area contributed by atoms with Crippen LogP contribution in [0.5, 0.6) is 0 Å². The van der Waals surface area contributed by atoms with Gasteiger partial charge in [-0.05, 0) is 24.6 Å². The van der Waals surface area contributed by atoms with Crippen molar-refractivity contribution in [3.05, 3.63) is 44.9 Å². The second-order valence-electron chi connectivity index (χ2n) is 5.39. The lowest BCUT2D eigenvalue weighted by molar-refractivity contribution is 0.0468. The van der Waals surface area contributed by atoms with E-state index in [2.05, 4.69) is 4.98 Å². The normalized spacial score (nSPS) is 11.7. The van der Waals surface area contributed by atoms with Crippen molar-refractivity contribution in [3.8, 4) is 0 Å². The molecule has 0 saturated heterocycles. The molecule has 1 aromatic carbocycles. The van der Waals surface area contributed by atoms with Gasteiger partial charge < -0.3 is 4.74 Å². The van der Waals surface area contributed by atoms with E-state index in [0.717, 1.165) is 11.4 Å². The summed E-state index contributed by atoms with van der Waals surface area (Å²) in [6.45, 7) is 6.19. The molecule has 0 saturated carbocycles. The van der Waals surface area contributed by atoms with Crippen molar-refractivity contribution in [1.29, 1.82) is 0 Å². The summed E-state index contributed by atoms with van der Waals surface area (Å²) in [5.41, 5.74) is 0.675. The molecule has 142 valence electrons. The Hall–Kier alpha value is -1.48. The summed E-state index contributed by atoms with van der Waals surface area (Å²) in [5, 5.41) is 2.93. The Morgan fingerprint density at radius 1 is 1.27 bits per heavy atom. The first-order valence-corrected chi connectivity index (χ1v) is 10.9. The predicted octanol–water partition coefficient (Wildman–Crippen LogP) is 3.75. The molecule has 0 aliphatic heterocycles. The first-order chi connectivity index (χ1) is 12.3. The van der Waals surface area contributed by atoms with Crippen LogP contribution in [0.2, 0.25) is 5.02 Å². The molecule has 0 aliphatic rings. The molecule has 0 N–H and O–H groups in total. The van der Waals surface area contributed by atoms with E-state index in [1.165, 1.54) is 33.8 Å². The molecule has 1 heterocycles. The summed E-state index contributed by atoms with van der Waals surface area (Å²) in [6, 6.07) is 4.05. The lowest BCUT2D eigenvalue weighted by Crippen LogP contribution is -2.30. The van der Waals surface area contributed by atoms with Gasteiger partial charge >= 0.3 is 5.97 Å². The van der Waals surface area contributed by atoms with Crippen LogP contribution in [0.25, 0.3) is 0 Å². The molecule has 0 amide bonds. The van der Waals surface area contributed by atoms with Crippen molar-refractivity contribution in [3.63, 3.8) is 0 Å². The van der Waals surface area contributed by atoms with Crippen molar-refractivity contribution < 1.29 is 17.9 Å². The van der Waals surface area contributed by atoms with E-state index in [9.17, 15) is 13.2 Å². The largest absolute Gasteiger partial charge is 0.456 e. The zero-order chi connectivity index (χ0) is 19.3. The molecule has 2 aromatic rings. The number of nitrogens with zero attached hydrogens (tertiary/aromatic N) is 2. The highest BCUT2D eigenvalue weighted by molar-refractivity contribution is 7.89. The Kier molecular flexibility index (Phi) is 7.16. The zero-order valence-electron chi connectivity index (χ0n) is 14.9. The standard InChI is InChI=1S/C17H21ClN2O4S2/c1-4-16-19-12(11-25-16)10-24-17(21)14-9-13(7-8-15(14)18)26(22,23)20(5-2)6-3/h7-9,11H,4-6,10H2,1-3H3. The van der Waals surface area contributed by atoms with Crippen LogP contribution in [0.4, 0.5) is 0 Å². The van der Waals surface area contributed by atoms with Crippen molar-refractivity contribution in [1.82, 2.24) is 9.29 Å². The van der Waals surface area contributed by atoms with Gasteiger partial charge in [-0.25, -0.2) is 18.2 Å². The number of aryl methyl sites for hydroxylation is 1. The Morgan fingerprint density at radius 3 is 2.54 bits per heavy atom. The van der Waals surface area contributed by atoms with Crippen molar-refractivity contribution >= 4 is 38.9 Å². The van der Waals surface area contributed by atoms with Gasteiger partial charge in [0.05, 0.1) is 26.2 Å². The summed E-state index contributed by atoms with van der Waals surface area (Å²) in [5.74, 6) is -0.683. The molecule has 0 radical (unpaired) electrons. The molecule has 0 unspecified atom stereocenters. The smallest absolute Gasteiger partial charge is 0.340 e. The predicted molar refractivity (Wildman–Crippen MR) is 102 cm³/mol. The number of ether oxygens (including phenoxy) is 1. The Bertz CT molecular complexity index is 877. The minimum absolute atomic E-state index is 0.0126. The quantitative estimate of drug-likeness (QED) is 0.612. The summed E-state index contributed by atoms with van der Waals surface area (Å²) in [6.07, 6.45) is 0.815. The van der Waals surface area contributed by atoms with E-state index in [0.29, 0.717) is 18.8 Å². The SMILES string of the molecule is CCc1nc(COC(=O)c2cc(S(=O)(=O)N(CC)CC)ccc2Cl)cs1. The second-order valence-corrected chi connectivity index (χ2v) is 8.68. The number of hydrogen-bond donors (Lipinski definition) is 0. The Balaban J connectivity index is 2.22. The highest BCUT2D eigenvalue weighted by Gasteiger charge is 2.24. The van der Waals surface area contributed by atoms with E-state index >= 15 is 0 Å². The molecular formula is C17H21ClN2O4S2. The first kappa shape index (κ1) is 20.8. The maximum absolute atomic E-state index is 12.6. The molecule has 9 heteroatoms. The van der Waals surface area contributed by atoms with Crippen LogP contribution in [0.1, 0.15) is 41.8 Å². The van der Waals surface area contributed by atoms with E-state index in [-0.39, 0.29) is 22.1 Å². The number of rotatable bonds is 8. The number of carbonyl (C=O) groups is 1. The van der Waals surface area contributed by atoms with Crippen molar-refractivity contribution in [2.24, 2.45) is 0 Å². The average molecular weight is 417 g/mol. The average Bonchev–Trinajstić information content (AvgIpc) is 3.08. The fourth-order valence-corrected chi connectivity index (χ4v) is 4.74. The van der Waals surface area contributed by atoms with Gasteiger partial charge in [0.1, 0.15) is 6.61 Å². The Labute approximate surface area is 162 Å². The van der Waals surface area contributed by atoms with E-state index in [4.69, 9.17) is 16.3 Å². The van der Waals surface area contributed by atoms with Gasteiger partial charge in [-0.2, -0.15) is 4.31 Å². The highest BCUT2D eigenvalue weighted by atomic mass is 35.5. The van der Waals surface area contributed by atoms with E-state index < -0.39 is 16.0 Å². The van der Waals surface area contributed by atoms with Crippen LogP contribution in [0, 0.1) is 0 Å². The minimum Gasteiger partial charge on any atom is -0.456 e. The summed E-state index contributed by atoms with van der Waals surface area (Å²) < 4.78 is 31.8. The number of hydrogen-bond acceptors (Lipinski definition) is 6. The molecule has 0 bridgehead atoms. The topological polar surface area (TPSA) is 76.6 Å². The van der Waals surface area contributed by atoms with Gasteiger partial charge in [-0.15, -0.1) is 11.3 Å². The molecule has 0 spiro atoms. The fraction of sp³-hybridized carbons (Fsp3) is 0.412. The molecular weight excluding hydrogens is 396 g/mol. The van der Waals surface area contributed by atoms with Crippen LogP contribution in [0.15, 0.2) is 28.5 Å². The monoisotopic (exact) mass is 416 g/mol. The third kappa shape index (κ3) is 4.62. The number of halogens is 1. The van der Waals surface area contributed by atoms with Crippen LogP contribution >= 0.6 is 22.9 Å². The summed E-state index contributed by atoms with van der Waals surface area (Å²) >= 11 is 7.57. The maximum atomic E-state index is 12.6. The van der Waals surface area contributed by atoms with Crippen LogP contribution in [-0.2, 0) is 27.8 Å². The fourth-order valence-electron chi connectivity index (χ4n) is 2.33. The van der Waals surface area contributed by atoms with Crippen LogP contribution < -0.4 is 0 Å². The second kappa shape index (κ2) is 8.94. The third-order valence-electron chi connectivity index (χ3n) is 3.75. The highest BCUT2D eigenvalue weighted by Crippen LogP contribution is 2.24. The van der Waals surface area contributed by atoms with Gasteiger partial charge in [0.2, 0.25) is 10.0 Å². The van der Waals surface area contributed by atoms with Crippen molar-refractivity contribution in [2.45, 2.75) is 38.7 Å². The molecule has 6 nitrogen and oxygen atoms in total. The molecule has 26 heavy (non-hydrogen) atoms. The number of esters is 1. The number of benzene rings is 1. The lowest BCUT2D eigenvalue weighted by Gasteiger charge is -2.19. The van der Waals surface area contributed by atoms with Gasteiger partial charge in [-0.3, -0.25) is 0 Å².